The van der Waals surface area contributed by atoms with Crippen molar-refractivity contribution in [3.05, 3.63) is 58.8 Å². The Morgan fingerprint density at radius 1 is 0.935 bits per heavy atom. The number of aromatic nitrogens is 1. The van der Waals surface area contributed by atoms with Crippen LogP contribution in [0.15, 0.2) is 36.4 Å². The van der Waals surface area contributed by atoms with Crippen molar-refractivity contribution >= 4 is 23.3 Å². The van der Waals surface area contributed by atoms with Crippen molar-refractivity contribution in [3.8, 4) is 11.5 Å². The molecule has 0 amide bonds. The minimum atomic E-state index is 0. The molecule has 2 N–H and O–H groups in total. The highest BCUT2D eigenvalue weighted by Crippen LogP contribution is 2.38. The van der Waals surface area contributed by atoms with Gasteiger partial charge in [0.1, 0.15) is 0 Å². The lowest BCUT2D eigenvalue weighted by molar-refractivity contribution is 0.354. The van der Waals surface area contributed by atoms with E-state index in [-0.39, 0.29) is 18.4 Å². The van der Waals surface area contributed by atoms with Crippen molar-refractivity contribution in [1.29, 1.82) is 0 Å². The molecule has 0 radical (unpaired) electrons. The first-order valence-electron chi connectivity index (χ1n) is 11.4. The summed E-state index contributed by atoms with van der Waals surface area (Å²) in [5.74, 6) is 2.32. The Labute approximate surface area is 191 Å². The normalized spacial score (nSPS) is 19.0. The average molecular weight is 441 g/mol. The van der Waals surface area contributed by atoms with Gasteiger partial charge in [0.05, 0.1) is 20.3 Å². The van der Waals surface area contributed by atoms with Gasteiger partial charge in [0.15, 0.2) is 11.5 Å². The summed E-state index contributed by atoms with van der Waals surface area (Å²) in [6.45, 7) is 1.02. The fraction of sp³-hybridized carbons (Fsp3) is 0.462. The van der Waals surface area contributed by atoms with Gasteiger partial charge in [-0.25, -0.2) is 0 Å². The summed E-state index contributed by atoms with van der Waals surface area (Å²) in [6.07, 6.45) is 8.88. The van der Waals surface area contributed by atoms with Crippen LogP contribution in [0.1, 0.15) is 66.4 Å². The van der Waals surface area contributed by atoms with Crippen LogP contribution in [-0.2, 0) is 12.8 Å². The van der Waals surface area contributed by atoms with E-state index in [0.29, 0.717) is 0 Å². The number of hydrogen-bond acceptors (Lipinski definition) is 3. The lowest BCUT2D eigenvalue weighted by Crippen LogP contribution is -2.31. The van der Waals surface area contributed by atoms with Crippen LogP contribution in [0.4, 0.5) is 0 Å². The molecule has 0 spiro atoms. The van der Waals surface area contributed by atoms with E-state index in [1.807, 2.05) is 6.07 Å². The second-order valence-corrected chi connectivity index (χ2v) is 8.81. The van der Waals surface area contributed by atoms with Crippen LogP contribution < -0.4 is 14.8 Å². The quantitative estimate of drug-likeness (QED) is 0.505. The topological polar surface area (TPSA) is 46.3 Å². The van der Waals surface area contributed by atoms with Crippen molar-refractivity contribution in [1.82, 2.24) is 10.3 Å². The molecule has 0 saturated heterocycles. The number of halogens is 1. The van der Waals surface area contributed by atoms with E-state index in [1.165, 1.54) is 59.8 Å². The molecule has 5 heteroatoms. The van der Waals surface area contributed by atoms with Gasteiger partial charge in [-0.05, 0) is 79.1 Å². The SMILES string of the molecule is COc1ccc(CC2NCCc3c2[nH]c2ccc(C4CCCCC4)cc32)cc1OC.Cl. The molecule has 2 aromatic carbocycles. The van der Waals surface area contributed by atoms with E-state index >= 15 is 0 Å². The highest BCUT2D eigenvalue weighted by molar-refractivity contribution is 5.86. The van der Waals surface area contributed by atoms with Gasteiger partial charge in [-0.2, -0.15) is 0 Å². The van der Waals surface area contributed by atoms with E-state index in [4.69, 9.17) is 9.47 Å². The van der Waals surface area contributed by atoms with Crippen molar-refractivity contribution in [2.75, 3.05) is 20.8 Å². The molecule has 3 aromatic rings. The van der Waals surface area contributed by atoms with Gasteiger partial charge in [-0.1, -0.05) is 31.4 Å². The summed E-state index contributed by atoms with van der Waals surface area (Å²) in [6, 6.07) is 13.7. The van der Waals surface area contributed by atoms with Crippen LogP contribution in [0, 0.1) is 0 Å². The van der Waals surface area contributed by atoms with Gasteiger partial charge in [-0.3, -0.25) is 0 Å². The smallest absolute Gasteiger partial charge is 0.160 e. The molecular formula is C26H33ClN2O2. The summed E-state index contributed by atoms with van der Waals surface area (Å²) in [5, 5.41) is 5.16. The molecule has 4 nitrogen and oxygen atoms in total. The number of methoxy groups -OCH3 is 2. The number of benzene rings is 2. The van der Waals surface area contributed by atoms with E-state index < -0.39 is 0 Å². The van der Waals surface area contributed by atoms with Crippen molar-refractivity contribution in [2.24, 2.45) is 0 Å². The van der Waals surface area contributed by atoms with Crippen LogP contribution in [-0.4, -0.2) is 25.7 Å². The average Bonchev–Trinajstić information content (AvgIpc) is 3.18. The predicted molar refractivity (Wildman–Crippen MR) is 129 cm³/mol. The van der Waals surface area contributed by atoms with Crippen LogP contribution in [0.25, 0.3) is 10.9 Å². The van der Waals surface area contributed by atoms with Crippen LogP contribution in [0.5, 0.6) is 11.5 Å². The molecule has 2 heterocycles. The van der Waals surface area contributed by atoms with Gasteiger partial charge in [0.25, 0.3) is 0 Å². The Kier molecular flexibility index (Phi) is 6.78. The lowest BCUT2D eigenvalue weighted by Gasteiger charge is -2.25. The molecule has 1 fully saturated rings. The van der Waals surface area contributed by atoms with Crippen molar-refractivity contribution in [2.45, 2.75) is 56.9 Å². The maximum absolute atomic E-state index is 5.50. The Hall–Kier alpha value is -2.17. The van der Waals surface area contributed by atoms with Gasteiger partial charge >= 0.3 is 0 Å². The zero-order chi connectivity index (χ0) is 20.5. The summed E-state index contributed by atoms with van der Waals surface area (Å²) in [5.41, 5.74) is 6.93. The third-order valence-corrected chi connectivity index (χ3v) is 7.04. The van der Waals surface area contributed by atoms with Crippen LogP contribution >= 0.6 is 12.4 Å². The number of fused-ring (bicyclic) bond motifs is 3. The highest BCUT2D eigenvalue weighted by Gasteiger charge is 2.25. The Morgan fingerprint density at radius 3 is 2.52 bits per heavy atom. The number of ether oxygens (including phenoxy) is 2. The van der Waals surface area contributed by atoms with E-state index in [1.54, 1.807) is 19.8 Å². The summed E-state index contributed by atoms with van der Waals surface area (Å²) < 4.78 is 10.9. The van der Waals surface area contributed by atoms with Gasteiger partial charge in [-0.15, -0.1) is 12.4 Å². The number of nitrogens with one attached hydrogen (secondary N) is 2. The number of rotatable bonds is 5. The summed E-state index contributed by atoms with van der Waals surface area (Å²) >= 11 is 0. The molecule has 31 heavy (non-hydrogen) atoms. The maximum atomic E-state index is 5.50. The zero-order valence-corrected chi connectivity index (χ0v) is 19.3. The van der Waals surface area contributed by atoms with Crippen molar-refractivity contribution in [3.63, 3.8) is 0 Å². The molecule has 1 atom stereocenters. The zero-order valence-electron chi connectivity index (χ0n) is 18.5. The Morgan fingerprint density at radius 2 is 1.74 bits per heavy atom. The predicted octanol–water partition coefficient (Wildman–Crippen LogP) is 6.08. The standard InChI is InChI=1S/C26H32N2O2.ClH/c1-29-24-11-8-17(15-25(24)30-2)14-23-26-20(12-13-27-23)21-16-19(9-10-22(21)28-26)18-6-4-3-5-7-18;/h8-11,15-16,18,23,27-28H,3-7,12-14H2,1-2H3;1H. The fourth-order valence-corrected chi connectivity index (χ4v) is 5.43. The van der Waals surface area contributed by atoms with E-state index in [9.17, 15) is 0 Å². The monoisotopic (exact) mass is 440 g/mol. The second-order valence-electron chi connectivity index (χ2n) is 8.81. The van der Waals surface area contributed by atoms with Crippen LogP contribution in [0.2, 0.25) is 0 Å². The van der Waals surface area contributed by atoms with Gasteiger partial charge < -0.3 is 19.8 Å². The minimum Gasteiger partial charge on any atom is -0.493 e. The number of H-pyrrole nitrogens is 1. The van der Waals surface area contributed by atoms with Crippen LogP contribution in [0.3, 0.4) is 0 Å². The lowest BCUT2D eigenvalue weighted by atomic mass is 9.83. The highest BCUT2D eigenvalue weighted by atomic mass is 35.5. The minimum absolute atomic E-state index is 0. The third kappa shape index (κ3) is 4.28. The first-order chi connectivity index (χ1) is 14.8. The summed E-state index contributed by atoms with van der Waals surface area (Å²) in [4.78, 5) is 3.75. The van der Waals surface area contributed by atoms with E-state index in [2.05, 4.69) is 40.6 Å². The molecule has 1 aliphatic carbocycles. The van der Waals surface area contributed by atoms with Gasteiger partial charge in [0.2, 0.25) is 0 Å². The van der Waals surface area contributed by atoms with Crippen molar-refractivity contribution < 1.29 is 9.47 Å². The molecule has 0 bridgehead atoms. The Balaban J connectivity index is 0.00000231. The largest absolute Gasteiger partial charge is 0.493 e. The molecule has 2 aliphatic rings. The van der Waals surface area contributed by atoms with Gasteiger partial charge in [0, 0.05) is 16.6 Å². The molecule has 5 rings (SSSR count). The first-order valence-corrected chi connectivity index (χ1v) is 11.4. The maximum Gasteiger partial charge on any atom is 0.160 e. The molecule has 1 saturated carbocycles. The first kappa shape index (κ1) is 22.0. The third-order valence-electron chi connectivity index (χ3n) is 7.04. The summed E-state index contributed by atoms with van der Waals surface area (Å²) in [7, 11) is 3.37. The molecule has 1 aliphatic heterocycles. The number of hydrogen-bond donors (Lipinski definition) is 2. The second kappa shape index (κ2) is 9.54. The molecule has 1 aromatic heterocycles. The number of aromatic amines is 1. The molecule has 1 unspecified atom stereocenters. The molecular weight excluding hydrogens is 408 g/mol. The Bertz CT molecular complexity index is 1040. The van der Waals surface area contributed by atoms with E-state index in [0.717, 1.165) is 36.8 Å². The fourth-order valence-electron chi connectivity index (χ4n) is 5.43. The molecule has 166 valence electrons.